The normalized spacial score (nSPS) is 23.0. The lowest BCUT2D eigenvalue weighted by atomic mass is 9.93. The Hall–Kier alpha value is 0.840. The lowest BCUT2D eigenvalue weighted by Crippen LogP contribution is -2.53. The number of rotatable bonds is 13. The second-order valence-electron chi connectivity index (χ2n) is 10.6. The molecule has 0 N–H and O–H groups in total. The lowest BCUT2D eigenvalue weighted by Gasteiger charge is -2.44. The summed E-state index contributed by atoms with van der Waals surface area (Å²) >= 11 is 33.5. The maximum absolute atomic E-state index is 5.90. The zero-order valence-corrected chi connectivity index (χ0v) is 28.3. The summed E-state index contributed by atoms with van der Waals surface area (Å²) in [6.07, 6.45) is 10.6. The van der Waals surface area contributed by atoms with Crippen molar-refractivity contribution in [1.82, 2.24) is 9.80 Å². The first-order chi connectivity index (χ1) is 17.0. The molecule has 3 aliphatic heterocycles. The molecule has 0 aromatic rings. The molecule has 36 heavy (non-hydrogen) atoms. The van der Waals surface area contributed by atoms with Crippen molar-refractivity contribution >= 4 is 117 Å². The van der Waals surface area contributed by atoms with E-state index in [2.05, 4.69) is 68.4 Å². The van der Waals surface area contributed by atoms with Crippen LogP contribution in [0.1, 0.15) is 53.4 Å². The van der Waals surface area contributed by atoms with Gasteiger partial charge in [-0.25, -0.2) is 0 Å². The molecule has 10 heteroatoms. The molecule has 200 valence electrons. The quantitative estimate of drug-likeness (QED) is 0.122. The standard InChI is InChI=1S/C26H38N2S8/c1-25(2,27-21(30)6-5-18(7-11-29)23(27)32)9-13-34-15-16-35-14-10-26(3,4)28-22(31)17-20-19(24(28)33)8-12-36-20/h5-6,17-19,29H,7-16H2,1-4H3. The Labute approximate surface area is 258 Å². The SMILES string of the molecule is CC(C)(CCSCCSCCC(C)(C)N1C(=S)C=C2SCCC2C1=S)N1C(=S)C=CC(CCS)C1=S. The average Bonchev–Trinajstić information content (AvgIpc) is 3.26. The highest BCUT2D eigenvalue weighted by Gasteiger charge is 2.40. The van der Waals surface area contributed by atoms with E-state index >= 15 is 0 Å². The Balaban J connectivity index is 1.36. The van der Waals surface area contributed by atoms with E-state index in [0.717, 1.165) is 80.2 Å². The van der Waals surface area contributed by atoms with Crippen molar-refractivity contribution in [1.29, 1.82) is 0 Å². The maximum Gasteiger partial charge on any atom is 0.108 e. The van der Waals surface area contributed by atoms with Gasteiger partial charge in [0.2, 0.25) is 0 Å². The molecule has 3 rings (SSSR count). The van der Waals surface area contributed by atoms with Crippen molar-refractivity contribution in [3.63, 3.8) is 0 Å². The Morgan fingerprint density at radius 1 is 0.917 bits per heavy atom. The molecule has 3 aliphatic rings. The zero-order valence-electron chi connectivity index (χ0n) is 21.7. The summed E-state index contributed by atoms with van der Waals surface area (Å²) in [6.45, 7) is 9.10. The fourth-order valence-corrected chi connectivity index (χ4v) is 11.2. The lowest BCUT2D eigenvalue weighted by molar-refractivity contribution is 0.300. The molecule has 0 spiro atoms. The summed E-state index contributed by atoms with van der Waals surface area (Å²) in [5.74, 6) is 7.19. The number of thiol groups is 1. The van der Waals surface area contributed by atoms with E-state index in [1.807, 2.05) is 35.3 Å². The van der Waals surface area contributed by atoms with Gasteiger partial charge in [0.1, 0.15) is 9.98 Å². The molecule has 2 atom stereocenters. The number of thioether (sulfide) groups is 3. The van der Waals surface area contributed by atoms with E-state index in [0.29, 0.717) is 5.92 Å². The Bertz CT molecular complexity index is 923. The largest absolute Gasteiger partial charge is 0.321 e. The minimum atomic E-state index is -0.0740. The third-order valence-corrected chi connectivity index (χ3v) is 12.2. The molecule has 1 fully saturated rings. The van der Waals surface area contributed by atoms with E-state index in [-0.39, 0.29) is 17.0 Å². The molecule has 0 aromatic carbocycles. The van der Waals surface area contributed by atoms with Gasteiger partial charge in [-0.15, -0.1) is 11.8 Å². The Morgan fingerprint density at radius 2 is 1.50 bits per heavy atom. The Kier molecular flexibility index (Phi) is 12.2. The summed E-state index contributed by atoms with van der Waals surface area (Å²) in [5.41, 5.74) is -0.118. The van der Waals surface area contributed by atoms with Crippen LogP contribution in [0.5, 0.6) is 0 Å². The van der Waals surface area contributed by atoms with Gasteiger partial charge < -0.3 is 9.80 Å². The van der Waals surface area contributed by atoms with Crippen LogP contribution in [0.15, 0.2) is 23.1 Å². The first-order valence-corrected chi connectivity index (χ1v) is 18.1. The van der Waals surface area contributed by atoms with Gasteiger partial charge in [-0.05, 0) is 93.4 Å². The minimum absolute atomic E-state index is 0.0435. The molecule has 0 bridgehead atoms. The first kappa shape index (κ1) is 31.4. The van der Waals surface area contributed by atoms with Crippen LogP contribution in [0, 0.1) is 11.8 Å². The highest BCUT2D eigenvalue weighted by molar-refractivity contribution is 8.03. The number of thiocarbonyl (C=S) groups is 4. The van der Waals surface area contributed by atoms with Crippen molar-refractivity contribution in [2.75, 3.05) is 34.5 Å². The zero-order chi connectivity index (χ0) is 26.5. The summed E-state index contributed by atoms with van der Waals surface area (Å²) < 4.78 is 0. The van der Waals surface area contributed by atoms with Crippen LogP contribution in [-0.2, 0) is 0 Å². The summed E-state index contributed by atoms with van der Waals surface area (Å²) in [7, 11) is 0. The summed E-state index contributed by atoms with van der Waals surface area (Å²) in [4.78, 5) is 9.58. The van der Waals surface area contributed by atoms with Gasteiger partial charge in [-0.3, -0.25) is 0 Å². The number of hydrogen-bond donors (Lipinski definition) is 1. The first-order valence-electron chi connectivity index (χ1n) is 12.5. The molecule has 0 radical (unpaired) electrons. The van der Waals surface area contributed by atoms with Gasteiger partial charge in [0.15, 0.2) is 0 Å². The van der Waals surface area contributed by atoms with Crippen LogP contribution in [0.25, 0.3) is 0 Å². The monoisotopic (exact) mass is 634 g/mol. The molecule has 0 aliphatic carbocycles. The molecule has 3 heterocycles. The molecule has 2 unspecified atom stereocenters. The molecule has 2 nitrogen and oxygen atoms in total. The van der Waals surface area contributed by atoms with Crippen molar-refractivity contribution < 1.29 is 0 Å². The van der Waals surface area contributed by atoms with Crippen LogP contribution in [0.2, 0.25) is 0 Å². The number of hydrogen-bond acceptors (Lipinski definition) is 8. The van der Waals surface area contributed by atoms with Gasteiger partial charge >= 0.3 is 0 Å². The van der Waals surface area contributed by atoms with Crippen molar-refractivity contribution in [2.45, 2.75) is 64.5 Å². The highest BCUT2D eigenvalue weighted by atomic mass is 32.2. The fraction of sp³-hybridized carbons (Fsp3) is 0.692. The van der Waals surface area contributed by atoms with E-state index < -0.39 is 0 Å². The number of fused-ring (bicyclic) bond motifs is 1. The van der Waals surface area contributed by atoms with Crippen LogP contribution in [0.4, 0.5) is 0 Å². The molecular weight excluding hydrogens is 597 g/mol. The van der Waals surface area contributed by atoms with Crippen LogP contribution < -0.4 is 0 Å². The van der Waals surface area contributed by atoms with Gasteiger partial charge in [-0.1, -0.05) is 54.9 Å². The molecule has 0 amide bonds. The van der Waals surface area contributed by atoms with Crippen LogP contribution >= 0.6 is 96.8 Å². The molecule has 0 saturated carbocycles. The predicted octanol–water partition coefficient (Wildman–Crippen LogP) is 7.86. The predicted molar refractivity (Wildman–Crippen MR) is 186 cm³/mol. The second-order valence-corrected chi connectivity index (χ2v) is 16.3. The van der Waals surface area contributed by atoms with Crippen molar-refractivity contribution in [3.8, 4) is 0 Å². The van der Waals surface area contributed by atoms with Crippen molar-refractivity contribution in [2.24, 2.45) is 11.8 Å². The van der Waals surface area contributed by atoms with Gasteiger partial charge in [-0.2, -0.15) is 36.2 Å². The van der Waals surface area contributed by atoms with E-state index in [9.17, 15) is 0 Å². The van der Waals surface area contributed by atoms with Crippen molar-refractivity contribution in [3.05, 3.63) is 23.1 Å². The van der Waals surface area contributed by atoms with Gasteiger partial charge in [0.05, 0.1) is 9.98 Å². The second kappa shape index (κ2) is 14.0. The third-order valence-electron chi connectivity index (χ3n) is 6.99. The summed E-state index contributed by atoms with van der Waals surface area (Å²) in [6, 6.07) is 0. The van der Waals surface area contributed by atoms with E-state index in [1.165, 1.54) is 4.91 Å². The molecule has 0 aromatic heterocycles. The fourth-order valence-electron chi connectivity index (χ4n) is 4.75. The van der Waals surface area contributed by atoms with Crippen LogP contribution in [-0.4, -0.2) is 75.3 Å². The van der Waals surface area contributed by atoms with Gasteiger partial charge in [0, 0.05) is 34.4 Å². The number of nitrogens with zero attached hydrogens (tertiary/aromatic N) is 2. The average molecular weight is 635 g/mol. The molecule has 1 saturated heterocycles. The minimum Gasteiger partial charge on any atom is -0.321 e. The summed E-state index contributed by atoms with van der Waals surface area (Å²) in [5, 5.41) is 0. The van der Waals surface area contributed by atoms with E-state index in [4.69, 9.17) is 48.9 Å². The Morgan fingerprint density at radius 3 is 2.08 bits per heavy atom. The van der Waals surface area contributed by atoms with E-state index in [1.54, 1.807) is 0 Å². The maximum atomic E-state index is 5.90. The van der Waals surface area contributed by atoms with Gasteiger partial charge in [0.25, 0.3) is 0 Å². The highest BCUT2D eigenvalue weighted by Crippen LogP contribution is 2.43. The smallest absolute Gasteiger partial charge is 0.108 e. The third kappa shape index (κ3) is 7.73. The van der Waals surface area contributed by atoms with Crippen LogP contribution in [0.3, 0.4) is 0 Å². The topological polar surface area (TPSA) is 6.48 Å². The molecular formula is C26H38N2S8.